The van der Waals surface area contributed by atoms with Crippen LogP contribution in [0.2, 0.25) is 98.2 Å². The summed E-state index contributed by atoms with van der Waals surface area (Å²) < 4.78 is 38.6. The molecule has 0 spiro atoms. The molecule has 33 heavy (non-hydrogen) atoms. The van der Waals surface area contributed by atoms with Crippen LogP contribution in [-0.4, -0.2) is 78.3 Å². The third-order valence-electron chi connectivity index (χ3n) is 4.07. The van der Waals surface area contributed by atoms with Crippen molar-refractivity contribution in [1.29, 1.82) is 0 Å². The fourth-order valence-electron chi connectivity index (χ4n) is 3.40. The molecular weight excluding hydrogens is 505 g/mol. The minimum atomic E-state index is -2.14. The Bertz CT molecular complexity index is 656. The third-order valence-corrected chi connectivity index (χ3v) is 8.75. The van der Waals surface area contributed by atoms with E-state index in [1.54, 1.807) is 0 Å². The van der Waals surface area contributed by atoms with E-state index in [2.05, 4.69) is 78.6 Å². The van der Waals surface area contributed by atoms with Crippen molar-refractivity contribution in [2.45, 2.75) is 129 Å². The van der Waals surface area contributed by atoms with Crippen molar-refractivity contribution in [3.63, 3.8) is 0 Å². The highest BCUT2D eigenvalue weighted by atomic mass is 28.4. The minimum Gasteiger partial charge on any atom is -0.518 e. The van der Waals surface area contributed by atoms with Crippen LogP contribution in [0.3, 0.4) is 0 Å². The van der Waals surface area contributed by atoms with Gasteiger partial charge in [0.2, 0.25) is 8.32 Å². The molecule has 1 saturated heterocycles. The number of carbonyl (C=O) groups is 1. The molecule has 0 aromatic rings. The van der Waals surface area contributed by atoms with Crippen molar-refractivity contribution in [1.82, 2.24) is 0 Å². The second kappa shape index (κ2) is 10.8. The lowest BCUT2D eigenvalue weighted by Crippen LogP contribution is -2.55. The summed E-state index contributed by atoms with van der Waals surface area (Å²) in [5.41, 5.74) is 0. The molecule has 0 aliphatic carbocycles. The van der Waals surface area contributed by atoms with Gasteiger partial charge in [0.15, 0.2) is 45.7 Å². The van der Waals surface area contributed by atoms with Crippen molar-refractivity contribution in [3.8, 4) is 0 Å². The lowest BCUT2D eigenvalue weighted by Gasteiger charge is -2.37. The van der Waals surface area contributed by atoms with Crippen molar-refractivity contribution < 1.29 is 31.7 Å². The van der Waals surface area contributed by atoms with Crippen LogP contribution in [-0.2, 0) is 31.7 Å². The molecule has 0 aromatic carbocycles. The Labute approximate surface area is 207 Å². The van der Waals surface area contributed by atoms with Crippen molar-refractivity contribution in [2.24, 2.45) is 0 Å². The maximum Gasteiger partial charge on any atom is 0.323 e. The van der Waals surface area contributed by atoms with Gasteiger partial charge in [0.25, 0.3) is 0 Å². The standard InChI is InChI=1S/C21H50O7Si5/c1-29(2,3)24-17-16(18(25-30(4,5)6)20(22)27-32(10,11)12)23-21(28-33(13,14)15)19(17)26-31(7,8)9/h16-19,21H,1-15H3. The van der Waals surface area contributed by atoms with E-state index in [9.17, 15) is 4.79 Å². The van der Waals surface area contributed by atoms with Gasteiger partial charge in [-0.3, -0.25) is 4.79 Å². The van der Waals surface area contributed by atoms with E-state index in [0.717, 1.165) is 0 Å². The summed E-state index contributed by atoms with van der Waals surface area (Å²) in [6, 6.07) is 0. The van der Waals surface area contributed by atoms with Gasteiger partial charge in [-0.25, -0.2) is 0 Å². The fraction of sp³-hybridized carbons (Fsp3) is 0.952. The SMILES string of the molecule is C[Si](C)(C)OC(=O)C(O[Si](C)(C)C)C1OC(O[Si](C)(C)C)C(O[Si](C)(C)C)C1O[Si](C)(C)C. The highest BCUT2D eigenvalue weighted by Gasteiger charge is 2.56. The van der Waals surface area contributed by atoms with Crippen LogP contribution >= 0.6 is 0 Å². The Morgan fingerprint density at radius 3 is 1.39 bits per heavy atom. The summed E-state index contributed by atoms with van der Waals surface area (Å²) in [5, 5.41) is 0. The van der Waals surface area contributed by atoms with Crippen LogP contribution in [0.1, 0.15) is 0 Å². The minimum absolute atomic E-state index is 0.369. The smallest absolute Gasteiger partial charge is 0.323 e. The van der Waals surface area contributed by atoms with E-state index in [1.165, 1.54) is 0 Å². The Kier molecular flexibility index (Phi) is 10.2. The Hall–Kier alpha value is 0.354. The van der Waals surface area contributed by atoms with Crippen molar-refractivity contribution in [3.05, 3.63) is 0 Å². The summed E-state index contributed by atoms with van der Waals surface area (Å²) >= 11 is 0. The van der Waals surface area contributed by atoms with E-state index >= 15 is 0 Å². The van der Waals surface area contributed by atoms with Crippen LogP contribution in [0.4, 0.5) is 0 Å². The lowest BCUT2D eigenvalue weighted by molar-refractivity contribution is -0.162. The predicted molar refractivity (Wildman–Crippen MR) is 147 cm³/mol. The van der Waals surface area contributed by atoms with Crippen LogP contribution in [0.5, 0.6) is 0 Å². The highest BCUT2D eigenvalue weighted by molar-refractivity contribution is 6.72. The highest BCUT2D eigenvalue weighted by Crippen LogP contribution is 2.36. The average molecular weight is 555 g/mol. The van der Waals surface area contributed by atoms with E-state index in [4.69, 9.17) is 26.9 Å². The number of hydrogen-bond acceptors (Lipinski definition) is 7. The lowest BCUT2D eigenvalue weighted by atomic mass is 10.1. The van der Waals surface area contributed by atoms with Crippen LogP contribution in [0, 0.1) is 0 Å². The zero-order valence-electron chi connectivity index (χ0n) is 23.7. The van der Waals surface area contributed by atoms with Gasteiger partial charge in [-0.2, -0.15) is 0 Å². The van der Waals surface area contributed by atoms with Crippen LogP contribution < -0.4 is 0 Å². The summed E-state index contributed by atoms with van der Waals surface area (Å²) in [7, 11) is -10.3. The second-order valence-corrected chi connectivity index (χ2v) is 36.0. The summed E-state index contributed by atoms with van der Waals surface area (Å²) in [4.78, 5) is 13.4. The number of rotatable bonds is 11. The van der Waals surface area contributed by atoms with Gasteiger partial charge in [0.05, 0.1) is 0 Å². The molecule has 1 aliphatic rings. The molecule has 5 unspecified atom stereocenters. The summed E-state index contributed by atoms with van der Waals surface area (Å²) in [6.07, 6.45) is -3.04. The van der Waals surface area contributed by atoms with Gasteiger partial charge in [-0.15, -0.1) is 0 Å². The summed E-state index contributed by atoms with van der Waals surface area (Å²) in [6.45, 7) is 31.4. The van der Waals surface area contributed by atoms with Gasteiger partial charge in [-0.1, -0.05) is 0 Å². The molecule has 1 heterocycles. The molecular formula is C21H50O7Si5. The molecule has 5 atom stereocenters. The molecule has 0 radical (unpaired) electrons. The molecule has 1 aliphatic heterocycles. The topological polar surface area (TPSA) is 72.5 Å². The van der Waals surface area contributed by atoms with Gasteiger partial charge in [-0.05, 0) is 98.2 Å². The summed E-state index contributed by atoms with van der Waals surface area (Å²) in [5.74, 6) is -0.369. The van der Waals surface area contributed by atoms with Crippen LogP contribution in [0.25, 0.3) is 0 Å². The monoisotopic (exact) mass is 554 g/mol. The maximum atomic E-state index is 13.4. The fourth-order valence-corrected chi connectivity index (χ4v) is 8.15. The molecule has 0 aromatic heterocycles. The molecule has 0 bridgehead atoms. The van der Waals surface area contributed by atoms with Gasteiger partial charge in [0.1, 0.15) is 18.3 Å². The number of carbonyl (C=O) groups excluding carboxylic acids is 1. The van der Waals surface area contributed by atoms with E-state index in [0.29, 0.717) is 0 Å². The molecule has 12 heteroatoms. The van der Waals surface area contributed by atoms with Crippen molar-refractivity contribution in [2.75, 3.05) is 0 Å². The normalized spacial score (nSPS) is 26.4. The molecule has 196 valence electrons. The van der Waals surface area contributed by atoms with Crippen molar-refractivity contribution >= 4 is 47.6 Å². The first-order valence-corrected chi connectivity index (χ1v) is 29.0. The number of ether oxygens (including phenoxy) is 1. The van der Waals surface area contributed by atoms with E-state index < -0.39 is 72.3 Å². The maximum absolute atomic E-state index is 13.4. The largest absolute Gasteiger partial charge is 0.518 e. The molecule has 0 saturated carbocycles. The van der Waals surface area contributed by atoms with Gasteiger partial charge < -0.3 is 26.9 Å². The zero-order chi connectivity index (χ0) is 26.2. The van der Waals surface area contributed by atoms with Crippen LogP contribution in [0.15, 0.2) is 0 Å². The quantitative estimate of drug-likeness (QED) is 0.308. The Morgan fingerprint density at radius 2 is 1.03 bits per heavy atom. The van der Waals surface area contributed by atoms with E-state index in [-0.39, 0.29) is 5.97 Å². The van der Waals surface area contributed by atoms with Gasteiger partial charge >= 0.3 is 5.97 Å². The first-order valence-electron chi connectivity index (χ1n) is 12.0. The average Bonchev–Trinajstić information content (AvgIpc) is 2.75. The first-order chi connectivity index (χ1) is 14.4. The molecule has 7 nitrogen and oxygen atoms in total. The first kappa shape index (κ1) is 31.4. The predicted octanol–water partition coefficient (Wildman–Crippen LogP) is 5.60. The number of hydrogen-bond donors (Lipinski definition) is 0. The van der Waals surface area contributed by atoms with E-state index in [1.807, 2.05) is 19.6 Å². The third kappa shape index (κ3) is 12.2. The zero-order valence-corrected chi connectivity index (χ0v) is 28.7. The molecule has 0 amide bonds. The Balaban J connectivity index is 3.53. The second-order valence-electron chi connectivity index (χ2n) is 13.8. The Morgan fingerprint density at radius 1 is 0.606 bits per heavy atom. The molecule has 1 rings (SSSR count). The molecule has 0 N–H and O–H groups in total. The van der Waals surface area contributed by atoms with Gasteiger partial charge in [0, 0.05) is 0 Å². The molecule has 1 fully saturated rings.